The molecule has 0 amide bonds. The molecule has 0 bridgehead atoms. The third-order valence-corrected chi connectivity index (χ3v) is 4.50. The van der Waals surface area contributed by atoms with E-state index in [-0.39, 0.29) is 6.04 Å². The van der Waals surface area contributed by atoms with Crippen molar-refractivity contribution in [2.24, 2.45) is 5.73 Å². The van der Waals surface area contributed by atoms with Gasteiger partial charge in [0, 0.05) is 10.9 Å². The summed E-state index contributed by atoms with van der Waals surface area (Å²) in [7, 11) is 1.69. The summed E-state index contributed by atoms with van der Waals surface area (Å²) >= 11 is 1.75. The Morgan fingerprint density at radius 1 is 1.39 bits per heavy atom. The van der Waals surface area contributed by atoms with Crippen molar-refractivity contribution < 1.29 is 4.74 Å². The minimum Gasteiger partial charge on any atom is -0.496 e. The first-order valence-electron chi connectivity index (χ1n) is 6.18. The Kier molecular flexibility index (Phi) is 3.06. The Balaban J connectivity index is 2.07. The zero-order chi connectivity index (χ0) is 12.5. The van der Waals surface area contributed by atoms with E-state index in [1.165, 1.54) is 11.3 Å². The van der Waals surface area contributed by atoms with Crippen LogP contribution in [-0.2, 0) is 6.42 Å². The Bertz CT molecular complexity index is 565. The standard InChI is InChI=1S/C14H16N2OS/c1-17-11-7-3-2-5-9(11)14-16-13-10(15)6-4-8-12(13)18-14/h2-3,5,7,10H,4,6,8,15H2,1H3. The fourth-order valence-electron chi connectivity index (χ4n) is 2.39. The van der Waals surface area contributed by atoms with Crippen molar-refractivity contribution in [2.45, 2.75) is 25.3 Å². The second-order valence-corrected chi connectivity index (χ2v) is 5.61. The number of benzene rings is 1. The maximum Gasteiger partial charge on any atom is 0.129 e. The molecule has 1 aliphatic carbocycles. The zero-order valence-electron chi connectivity index (χ0n) is 10.3. The van der Waals surface area contributed by atoms with Gasteiger partial charge in [-0.3, -0.25) is 0 Å². The predicted molar refractivity (Wildman–Crippen MR) is 74.0 cm³/mol. The van der Waals surface area contributed by atoms with E-state index >= 15 is 0 Å². The monoisotopic (exact) mass is 260 g/mol. The number of hydrogen-bond donors (Lipinski definition) is 1. The molecule has 1 aromatic heterocycles. The largest absolute Gasteiger partial charge is 0.496 e. The average Bonchev–Trinajstić information content (AvgIpc) is 2.84. The molecule has 1 heterocycles. The van der Waals surface area contributed by atoms with Crippen LogP contribution >= 0.6 is 11.3 Å². The highest BCUT2D eigenvalue weighted by molar-refractivity contribution is 7.15. The van der Waals surface area contributed by atoms with Crippen LogP contribution in [0.4, 0.5) is 0 Å². The average molecular weight is 260 g/mol. The second kappa shape index (κ2) is 4.71. The highest BCUT2D eigenvalue weighted by Crippen LogP contribution is 2.38. The summed E-state index contributed by atoms with van der Waals surface area (Å²) in [5.74, 6) is 0.872. The van der Waals surface area contributed by atoms with Gasteiger partial charge in [0.25, 0.3) is 0 Å². The normalized spacial score (nSPS) is 18.4. The van der Waals surface area contributed by atoms with Gasteiger partial charge in [-0.25, -0.2) is 4.98 Å². The Morgan fingerprint density at radius 3 is 3.00 bits per heavy atom. The van der Waals surface area contributed by atoms with Gasteiger partial charge in [-0.15, -0.1) is 11.3 Å². The number of thiazole rings is 1. The van der Waals surface area contributed by atoms with Crippen LogP contribution in [0.15, 0.2) is 24.3 Å². The molecule has 1 unspecified atom stereocenters. The smallest absolute Gasteiger partial charge is 0.129 e. The third-order valence-electron chi connectivity index (χ3n) is 3.34. The van der Waals surface area contributed by atoms with E-state index in [0.29, 0.717) is 0 Å². The molecule has 94 valence electrons. The Morgan fingerprint density at radius 2 is 2.22 bits per heavy atom. The summed E-state index contributed by atoms with van der Waals surface area (Å²) in [4.78, 5) is 6.07. The number of nitrogens with zero attached hydrogens (tertiary/aromatic N) is 1. The van der Waals surface area contributed by atoms with Crippen molar-refractivity contribution in [1.29, 1.82) is 0 Å². The zero-order valence-corrected chi connectivity index (χ0v) is 11.2. The molecule has 2 N–H and O–H groups in total. The molecule has 0 saturated carbocycles. The van der Waals surface area contributed by atoms with Crippen LogP contribution in [0.3, 0.4) is 0 Å². The molecule has 3 rings (SSSR count). The van der Waals surface area contributed by atoms with Crippen LogP contribution in [0.1, 0.15) is 29.5 Å². The number of methoxy groups -OCH3 is 1. The van der Waals surface area contributed by atoms with E-state index in [1.54, 1.807) is 18.4 Å². The molecule has 0 spiro atoms. The number of hydrogen-bond acceptors (Lipinski definition) is 4. The Hall–Kier alpha value is -1.39. The fraction of sp³-hybridized carbons (Fsp3) is 0.357. The maximum absolute atomic E-state index is 6.12. The highest BCUT2D eigenvalue weighted by Gasteiger charge is 2.23. The van der Waals surface area contributed by atoms with Crippen molar-refractivity contribution in [3.8, 4) is 16.3 Å². The van der Waals surface area contributed by atoms with Gasteiger partial charge < -0.3 is 10.5 Å². The molecule has 0 fully saturated rings. The van der Waals surface area contributed by atoms with Crippen LogP contribution in [0.5, 0.6) is 5.75 Å². The van der Waals surface area contributed by atoms with Crippen molar-refractivity contribution in [2.75, 3.05) is 7.11 Å². The summed E-state index contributed by atoms with van der Waals surface area (Å²) in [6, 6.07) is 8.11. The molecule has 4 heteroatoms. The third kappa shape index (κ3) is 1.91. The topological polar surface area (TPSA) is 48.1 Å². The molecule has 1 aromatic carbocycles. The van der Waals surface area contributed by atoms with Gasteiger partial charge in [-0.1, -0.05) is 12.1 Å². The summed E-state index contributed by atoms with van der Waals surface area (Å²) in [6.45, 7) is 0. The van der Waals surface area contributed by atoms with Crippen LogP contribution in [0.25, 0.3) is 10.6 Å². The molecule has 1 atom stereocenters. The van der Waals surface area contributed by atoms with Gasteiger partial charge in [0.15, 0.2) is 0 Å². The van der Waals surface area contributed by atoms with Gasteiger partial charge >= 0.3 is 0 Å². The van der Waals surface area contributed by atoms with Crippen LogP contribution in [0.2, 0.25) is 0 Å². The quantitative estimate of drug-likeness (QED) is 0.902. The molecule has 0 aliphatic heterocycles. The summed E-state index contributed by atoms with van der Waals surface area (Å²) in [5, 5.41) is 1.02. The number of aromatic nitrogens is 1. The Labute approximate surface area is 111 Å². The van der Waals surface area contributed by atoms with Gasteiger partial charge in [0.05, 0.1) is 18.4 Å². The van der Waals surface area contributed by atoms with E-state index in [0.717, 1.165) is 34.9 Å². The molecule has 2 aromatic rings. The van der Waals surface area contributed by atoms with Crippen molar-refractivity contribution in [1.82, 2.24) is 4.98 Å². The van der Waals surface area contributed by atoms with Crippen LogP contribution in [0, 0.1) is 0 Å². The number of para-hydroxylation sites is 1. The first-order valence-corrected chi connectivity index (χ1v) is 7.00. The molecule has 3 nitrogen and oxygen atoms in total. The molecule has 18 heavy (non-hydrogen) atoms. The lowest BCUT2D eigenvalue weighted by Gasteiger charge is -2.15. The predicted octanol–water partition coefficient (Wildman–Crippen LogP) is 3.15. The molecule has 0 radical (unpaired) electrons. The number of nitrogens with two attached hydrogens (primary N) is 1. The summed E-state index contributed by atoms with van der Waals surface area (Å²) < 4.78 is 5.39. The minimum absolute atomic E-state index is 0.105. The van der Waals surface area contributed by atoms with Crippen molar-refractivity contribution in [3.63, 3.8) is 0 Å². The number of ether oxygens (including phenoxy) is 1. The highest BCUT2D eigenvalue weighted by atomic mass is 32.1. The number of fused-ring (bicyclic) bond motifs is 1. The summed E-state index contributed by atoms with van der Waals surface area (Å²) in [6.07, 6.45) is 3.32. The lowest BCUT2D eigenvalue weighted by molar-refractivity contribution is 0.416. The second-order valence-electron chi connectivity index (χ2n) is 4.53. The minimum atomic E-state index is 0.105. The molecule has 1 aliphatic rings. The fourth-order valence-corrected chi connectivity index (χ4v) is 3.59. The lowest BCUT2D eigenvalue weighted by Crippen LogP contribution is -2.16. The molecular weight excluding hydrogens is 244 g/mol. The van der Waals surface area contributed by atoms with E-state index < -0.39 is 0 Å². The first kappa shape index (κ1) is 11.7. The van der Waals surface area contributed by atoms with E-state index in [9.17, 15) is 0 Å². The number of aryl methyl sites for hydroxylation is 1. The van der Waals surface area contributed by atoms with Gasteiger partial charge in [-0.05, 0) is 31.4 Å². The lowest BCUT2D eigenvalue weighted by atomic mass is 9.99. The van der Waals surface area contributed by atoms with Crippen LogP contribution in [-0.4, -0.2) is 12.1 Å². The SMILES string of the molecule is COc1ccccc1-c1nc2c(s1)CCCC2N. The van der Waals surface area contributed by atoms with Crippen LogP contribution < -0.4 is 10.5 Å². The molecular formula is C14H16N2OS. The van der Waals surface area contributed by atoms with Gasteiger partial charge in [0.2, 0.25) is 0 Å². The van der Waals surface area contributed by atoms with Crippen molar-refractivity contribution in [3.05, 3.63) is 34.8 Å². The van der Waals surface area contributed by atoms with Gasteiger partial charge in [0.1, 0.15) is 10.8 Å². The van der Waals surface area contributed by atoms with E-state index in [1.807, 2.05) is 18.2 Å². The van der Waals surface area contributed by atoms with Crippen molar-refractivity contribution >= 4 is 11.3 Å². The summed E-state index contributed by atoms with van der Waals surface area (Å²) in [5.41, 5.74) is 8.27. The van der Waals surface area contributed by atoms with E-state index in [4.69, 9.17) is 15.5 Å². The van der Waals surface area contributed by atoms with E-state index in [2.05, 4.69) is 6.07 Å². The first-order chi connectivity index (χ1) is 8.79. The maximum atomic E-state index is 6.12. The molecule has 0 saturated heterocycles. The van der Waals surface area contributed by atoms with Gasteiger partial charge in [-0.2, -0.15) is 0 Å². The number of rotatable bonds is 2.